The number of carboxylic acid groups (broad SMARTS) is 1. The Balaban J connectivity index is 1.32. The molecule has 0 aliphatic carbocycles. The second-order valence-corrected chi connectivity index (χ2v) is 10.7. The summed E-state index contributed by atoms with van der Waals surface area (Å²) in [4.78, 5) is 24.1. The lowest BCUT2D eigenvalue weighted by atomic mass is 9.99. The Bertz CT molecular complexity index is 1360. The van der Waals surface area contributed by atoms with Gasteiger partial charge in [-0.05, 0) is 75.7 Å². The van der Waals surface area contributed by atoms with Crippen LogP contribution in [0, 0.1) is 3.57 Å². The number of esters is 1. The van der Waals surface area contributed by atoms with Gasteiger partial charge in [-0.15, -0.1) is 0 Å². The summed E-state index contributed by atoms with van der Waals surface area (Å²) >= 11 is 2.21. The second-order valence-electron chi connectivity index (χ2n) is 9.50. The number of carboxylic acids is 1. The summed E-state index contributed by atoms with van der Waals surface area (Å²) in [5.41, 5.74) is 3.33. The average Bonchev–Trinajstić information content (AvgIpc) is 2.97. The highest BCUT2D eigenvalue weighted by atomic mass is 127. The summed E-state index contributed by atoms with van der Waals surface area (Å²) in [6.45, 7) is 1.65. The average molecular weight is 678 g/mol. The van der Waals surface area contributed by atoms with Gasteiger partial charge in [0, 0.05) is 28.9 Å². The van der Waals surface area contributed by atoms with Gasteiger partial charge in [0.15, 0.2) is 6.10 Å². The van der Waals surface area contributed by atoms with Crippen LogP contribution in [0.4, 0.5) is 5.69 Å². The summed E-state index contributed by atoms with van der Waals surface area (Å²) in [6, 6.07) is 21.8. The Morgan fingerprint density at radius 3 is 2.34 bits per heavy atom. The number of aliphatic hydroxyl groups is 4. The molecular formula is C29H31IN2O9. The van der Waals surface area contributed by atoms with E-state index in [-0.39, 0.29) is 5.56 Å². The van der Waals surface area contributed by atoms with Crippen molar-refractivity contribution in [2.45, 2.75) is 36.8 Å². The molecule has 11 nitrogen and oxygen atoms in total. The zero-order chi connectivity index (χ0) is 29.5. The Hall–Kier alpha value is -3.11. The van der Waals surface area contributed by atoms with Crippen molar-refractivity contribution in [2.75, 3.05) is 25.0 Å². The minimum atomic E-state index is -1.89. The smallest absolute Gasteiger partial charge is 0.340 e. The lowest BCUT2D eigenvalue weighted by molar-refractivity contribution is -0.278. The number of benzene rings is 3. The van der Waals surface area contributed by atoms with Crippen molar-refractivity contribution in [1.29, 1.82) is 0 Å². The molecule has 0 bridgehead atoms. The Kier molecular flexibility index (Phi) is 10.7. The van der Waals surface area contributed by atoms with E-state index in [1.54, 1.807) is 18.2 Å². The molecule has 1 heterocycles. The van der Waals surface area contributed by atoms with Gasteiger partial charge >= 0.3 is 11.9 Å². The molecule has 3 aromatic carbocycles. The fourth-order valence-electron chi connectivity index (χ4n) is 4.32. The van der Waals surface area contributed by atoms with E-state index in [0.29, 0.717) is 25.2 Å². The van der Waals surface area contributed by atoms with Gasteiger partial charge in [-0.1, -0.05) is 36.4 Å². The van der Waals surface area contributed by atoms with E-state index >= 15 is 0 Å². The fourth-order valence-corrected chi connectivity index (χ4v) is 4.89. The number of halogens is 1. The molecule has 1 fully saturated rings. The zero-order valence-electron chi connectivity index (χ0n) is 21.8. The molecular weight excluding hydrogens is 647 g/mol. The van der Waals surface area contributed by atoms with Crippen LogP contribution in [0.5, 0.6) is 0 Å². The predicted octanol–water partition coefficient (Wildman–Crippen LogP) is 1.74. The topological polar surface area (TPSA) is 178 Å². The van der Waals surface area contributed by atoms with Crippen LogP contribution in [0.2, 0.25) is 0 Å². The monoisotopic (exact) mass is 678 g/mol. The molecule has 1 aliphatic rings. The fraction of sp³-hybridized carbons (Fsp3) is 0.310. The number of anilines is 1. The largest absolute Gasteiger partial charge is 0.479 e. The maximum absolute atomic E-state index is 12.8. The van der Waals surface area contributed by atoms with E-state index in [2.05, 4.69) is 33.2 Å². The Labute approximate surface area is 249 Å². The zero-order valence-corrected chi connectivity index (χ0v) is 23.9. The van der Waals surface area contributed by atoms with Crippen molar-refractivity contribution < 1.29 is 44.6 Å². The standard InChI is InChI=1S/C29H31IN2O9/c30-20-8-2-6-18(13-20)22(33)15-31-10-11-32-21-9-3-5-17(14-21)16-4-1-7-19(12-16)28(39)41-29-25(36)23(34)24(35)26(40-29)27(37)38/h1-9,12-14,22-26,29,31-36H,10-11,15H2,(H,37,38)/t22-,23-,24-,25+,26-,29-/m0/s1. The molecule has 0 spiro atoms. The summed E-state index contributed by atoms with van der Waals surface area (Å²) in [5.74, 6) is -2.48. The summed E-state index contributed by atoms with van der Waals surface area (Å²) in [6.07, 6.45) is -9.87. The van der Waals surface area contributed by atoms with Crippen molar-refractivity contribution in [3.05, 3.63) is 87.5 Å². The van der Waals surface area contributed by atoms with Crippen LogP contribution in [-0.4, -0.2) is 87.8 Å². The van der Waals surface area contributed by atoms with Gasteiger partial charge in [-0.2, -0.15) is 0 Å². The molecule has 6 atom stereocenters. The number of hydrogen-bond donors (Lipinski definition) is 7. The van der Waals surface area contributed by atoms with E-state index in [9.17, 15) is 35.1 Å². The normalized spacial score (nSPS) is 23.0. The van der Waals surface area contributed by atoms with Gasteiger partial charge in [0.2, 0.25) is 6.29 Å². The highest BCUT2D eigenvalue weighted by molar-refractivity contribution is 14.1. The van der Waals surface area contributed by atoms with Crippen LogP contribution in [0.3, 0.4) is 0 Å². The summed E-state index contributed by atoms with van der Waals surface area (Å²) in [5, 5.41) is 56.0. The van der Waals surface area contributed by atoms with Crippen LogP contribution in [0.15, 0.2) is 72.8 Å². The first kappa shape index (κ1) is 30.8. The molecule has 3 aromatic rings. The first-order valence-corrected chi connectivity index (χ1v) is 13.9. The maximum Gasteiger partial charge on any atom is 0.340 e. The molecule has 7 N–H and O–H groups in total. The molecule has 1 aliphatic heterocycles. The number of ether oxygens (including phenoxy) is 2. The van der Waals surface area contributed by atoms with E-state index in [1.807, 2.05) is 48.5 Å². The van der Waals surface area contributed by atoms with Crippen molar-refractivity contribution in [3.8, 4) is 11.1 Å². The molecule has 0 aromatic heterocycles. The molecule has 1 saturated heterocycles. The molecule has 4 rings (SSSR count). The molecule has 41 heavy (non-hydrogen) atoms. The van der Waals surface area contributed by atoms with Gasteiger partial charge < -0.3 is 45.6 Å². The van der Waals surface area contributed by atoms with Gasteiger partial charge in [-0.3, -0.25) is 0 Å². The van der Waals surface area contributed by atoms with Crippen molar-refractivity contribution in [3.63, 3.8) is 0 Å². The van der Waals surface area contributed by atoms with Crippen LogP contribution in [-0.2, 0) is 14.3 Å². The molecule has 12 heteroatoms. The first-order chi connectivity index (χ1) is 19.6. The summed E-state index contributed by atoms with van der Waals surface area (Å²) in [7, 11) is 0. The number of hydrogen-bond acceptors (Lipinski definition) is 10. The molecule has 0 radical (unpaired) electrons. The van der Waals surface area contributed by atoms with Crippen LogP contribution < -0.4 is 10.6 Å². The van der Waals surface area contributed by atoms with Crippen LogP contribution in [0.25, 0.3) is 11.1 Å². The molecule has 0 unspecified atom stereocenters. The van der Waals surface area contributed by atoms with Crippen molar-refractivity contribution in [2.24, 2.45) is 0 Å². The molecule has 0 saturated carbocycles. The van der Waals surface area contributed by atoms with Gasteiger partial charge in [0.05, 0.1) is 11.7 Å². The molecule has 0 amide bonds. The highest BCUT2D eigenvalue weighted by Crippen LogP contribution is 2.26. The van der Waals surface area contributed by atoms with Gasteiger partial charge in [0.25, 0.3) is 0 Å². The third-order valence-corrected chi connectivity index (χ3v) is 7.20. The number of rotatable bonds is 11. The number of aliphatic hydroxyl groups excluding tert-OH is 4. The molecule has 218 valence electrons. The minimum absolute atomic E-state index is 0.111. The predicted molar refractivity (Wildman–Crippen MR) is 157 cm³/mol. The van der Waals surface area contributed by atoms with E-state index in [1.165, 1.54) is 6.07 Å². The first-order valence-electron chi connectivity index (χ1n) is 12.9. The number of carbonyl (C=O) groups is 2. The van der Waals surface area contributed by atoms with Gasteiger partial charge in [-0.25, -0.2) is 9.59 Å². The second kappa shape index (κ2) is 14.2. The Morgan fingerprint density at radius 1 is 0.902 bits per heavy atom. The van der Waals surface area contributed by atoms with Crippen LogP contribution in [0.1, 0.15) is 22.0 Å². The summed E-state index contributed by atoms with van der Waals surface area (Å²) < 4.78 is 11.2. The SMILES string of the molecule is O=C(O[C@@H]1O[C@H](C(=O)O)[C@@H](O)[C@H](O)[C@H]1O)c1cccc(-c2cccc(NCCNC[C@H](O)c3cccc(I)c3)c2)c1. The third kappa shape index (κ3) is 8.01. The maximum atomic E-state index is 12.8. The van der Waals surface area contributed by atoms with Gasteiger partial charge in [0.1, 0.15) is 18.3 Å². The minimum Gasteiger partial charge on any atom is -0.479 e. The number of carbonyl (C=O) groups excluding carboxylic acids is 1. The Morgan fingerprint density at radius 2 is 1.61 bits per heavy atom. The lowest BCUT2D eigenvalue weighted by Crippen LogP contribution is -2.60. The van der Waals surface area contributed by atoms with Crippen molar-refractivity contribution >= 4 is 40.2 Å². The number of nitrogens with one attached hydrogen (secondary N) is 2. The number of aliphatic carboxylic acids is 1. The van der Waals surface area contributed by atoms with Crippen LogP contribution >= 0.6 is 22.6 Å². The van der Waals surface area contributed by atoms with E-state index in [0.717, 1.165) is 20.4 Å². The lowest BCUT2D eigenvalue weighted by Gasteiger charge is -2.37. The third-order valence-electron chi connectivity index (χ3n) is 6.53. The van der Waals surface area contributed by atoms with E-state index < -0.39 is 48.7 Å². The quantitative estimate of drug-likeness (QED) is 0.0894. The van der Waals surface area contributed by atoms with E-state index in [4.69, 9.17) is 9.47 Å². The van der Waals surface area contributed by atoms with Crippen molar-refractivity contribution in [1.82, 2.24) is 5.32 Å². The highest BCUT2D eigenvalue weighted by Gasteiger charge is 2.48.